The number of carbonyl (C=O) groups excluding carboxylic acids is 12. The number of hydrogen-bond donors (Lipinski definition) is 4. The summed E-state index contributed by atoms with van der Waals surface area (Å²) in [5.41, 5.74) is 0. The van der Waals surface area contributed by atoms with Crippen molar-refractivity contribution < 1.29 is 62.3 Å². The SMILES string of the molecule is C/C=C/C[C@@H](C)C[C@H]1C(=O)N[C@@H](CC)C(=O)N(C)C(C(=O)OC)C(=O)N(C)[C@@H](CC(C)C)C(=O)N[C@H](C(C)C)C(=O)N(C)[C@H](CC(C)C)C(=O)N[C@H](C)C(=O)N[C@@H](C)C(=O)N(C)[C@@H](CC(C)C)C(=O)N(C)[C@@H](CC(C)C)C(=O)N(C)[C@@H](C(C)C)C(=O)N1C. The van der Waals surface area contributed by atoms with Gasteiger partial charge in [0, 0.05) is 49.3 Å². The van der Waals surface area contributed by atoms with E-state index in [0.29, 0.717) is 6.42 Å². The van der Waals surface area contributed by atoms with E-state index >= 15 is 9.59 Å². The van der Waals surface area contributed by atoms with Crippen LogP contribution in [-0.2, 0) is 62.3 Å². The van der Waals surface area contributed by atoms with Gasteiger partial charge in [-0.2, -0.15) is 0 Å². The van der Waals surface area contributed by atoms with Crippen LogP contribution >= 0.6 is 0 Å². The molecular weight excluding hydrogens is 1130 g/mol. The molecule has 0 radical (unpaired) electrons. The summed E-state index contributed by atoms with van der Waals surface area (Å²) >= 11 is 0. The summed E-state index contributed by atoms with van der Waals surface area (Å²) in [5.74, 6) is -11.1. The largest absolute Gasteiger partial charge is 0.467 e. The van der Waals surface area contributed by atoms with Gasteiger partial charge in [-0.3, -0.25) is 52.7 Å². The third-order valence-electron chi connectivity index (χ3n) is 16.5. The van der Waals surface area contributed by atoms with E-state index in [1.807, 2.05) is 67.5 Å². The number of esters is 1. The maximum absolute atomic E-state index is 15.2. The molecule has 4 N–H and O–H groups in total. The number of allylic oxidation sites excluding steroid dienone is 2. The predicted molar refractivity (Wildman–Crippen MR) is 338 cm³/mol. The van der Waals surface area contributed by atoms with Crippen molar-refractivity contribution in [1.29, 1.82) is 0 Å². The molecule has 1 unspecified atom stereocenters. The van der Waals surface area contributed by atoms with Crippen LogP contribution in [0.2, 0.25) is 0 Å². The minimum Gasteiger partial charge on any atom is -0.467 e. The Hall–Kier alpha value is -6.62. The fourth-order valence-electron chi connectivity index (χ4n) is 11.1. The van der Waals surface area contributed by atoms with E-state index in [-0.39, 0.29) is 68.1 Å². The lowest BCUT2D eigenvalue weighted by Gasteiger charge is -2.41. The van der Waals surface area contributed by atoms with Crippen LogP contribution in [0.15, 0.2) is 12.2 Å². The van der Waals surface area contributed by atoms with E-state index in [0.717, 1.165) is 16.9 Å². The Morgan fingerprint density at radius 2 is 0.830 bits per heavy atom. The van der Waals surface area contributed by atoms with Crippen LogP contribution in [0.1, 0.15) is 163 Å². The molecule has 24 heteroatoms. The number of nitrogens with zero attached hydrogens (tertiary/aromatic N) is 7. The number of likely N-dealkylation sites (N-methyl/N-ethyl adjacent to an activating group) is 7. The molecule has 0 spiro atoms. The smallest absolute Gasteiger partial charge is 0.338 e. The van der Waals surface area contributed by atoms with Crippen LogP contribution in [-0.4, -0.2) is 228 Å². The highest BCUT2D eigenvalue weighted by Gasteiger charge is 2.46. The van der Waals surface area contributed by atoms with Crippen molar-refractivity contribution in [1.82, 2.24) is 55.6 Å². The highest BCUT2D eigenvalue weighted by atomic mass is 16.5. The zero-order valence-corrected chi connectivity index (χ0v) is 57.9. The van der Waals surface area contributed by atoms with Gasteiger partial charge < -0.3 is 60.3 Å². The van der Waals surface area contributed by atoms with Crippen LogP contribution in [0.5, 0.6) is 0 Å². The van der Waals surface area contributed by atoms with Gasteiger partial charge in [0.25, 0.3) is 5.91 Å². The molecule has 502 valence electrons. The van der Waals surface area contributed by atoms with Crippen LogP contribution in [0.3, 0.4) is 0 Å². The number of ether oxygens (including phenoxy) is 1. The van der Waals surface area contributed by atoms with E-state index in [1.54, 1.807) is 48.5 Å². The maximum Gasteiger partial charge on any atom is 0.338 e. The average molecular weight is 1240 g/mol. The molecule has 12 atom stereocenters. The summed E-state index contributed by atoms with van der Waals surface area (Å²) in [4.78, 5) is 184. The normalized spacial score (nSPS) is 26.8. The molecule has 1 heterocycles. The number of rotatable bonds is 16. The first-order chi connectivity index (χ1) is 40.7. The second-order valence-electron chi connectivity index (χ2n) is 26.7. The number of methoxy groups -OCH3 is 1. The Morgan fingerprint density at radius 3 is 1.26 bits per heavy atom. The summed E-state index contributed by atoms with van der Waals surface area (Å²) in [6.45, 7) is 29.9. The quantitative estimate of drug-likeness (QED) is 0.0973. The van der Waals surface area contributed by atoms with Gasteiger partial charge in [0.15, 0.2) is 0 Å². The van der Waals surface area contributed by atoms with Crippen molar-refractivity contribution in [2.45, 2.75) is 229 Å². The Labute approximate surface area is 526 Å². The first-order valence-corrected chi connectivity index (χ1v) is 31.4. The van der Waals surface area contributed by atoms with Gasteiger partial charge in [-0.05, 0) is 107 Å². The number of carbonyl (C=O) groups is 12. The van der Waals surface area contributed by atoms with Gasteiger partial charge in [-0.15, -0.1) is 0 Å². The monoisotopic (exact) mass is 1240 g/mol. The molecule has 24 nitrogen and oxygen atoms in total. The summed E-state index contributed by atoms with van der Waals surface area (Å²) in [7, 11) is 10.8. The molecule has 1 fully saturated rings. The molecule has 0 bridgehead atoms. The van der Waals surface area contributed by atoms with E-state index in [9.17, 15) is 47.9 Å². The van der Waals surface area contributed by atoms with E-state index in [4.69, 9.17) is 4.74 Å². The lowest BCUT2D eigenvalue weighted by molar-refractivity contribution is -0.162. The van der Waals surface area contributed by atoms with Crippen molar-refractivity contribution in [3.63, 3.8) is 0 Å². The predicted octanol–water partition coefficient (Wildman–Crippen LogP) is 3.84. The zero-order valence-electron chi connectivity index (χ0n) is 57.9. The van der Waals surface area contributed by atoms with Gasteiger partial charge in [0.05, 0.1) is 7.11 Å². The molecule has 0 aliphatic carbocycles. The summed E-state index contributed by atoms with van der Waals surface area (Å²) in [6, 6.07) is -14.3. The van der Waals surface area contributed by atoms with Gasteiger partial charge in [-0.25, -0.2) is 4.79 Å². The fourth-order valence-corrected chi connectivity index (χ4v) is 11.1. The van der Waals surface area contributed by atoms with E-state index < -0.39 is 149 Å². The van der Waals surface area contributed by atoms with E-state index in [1.165, 1.54) is 87.7 Å². The second-order valence-corrected chi connectivity index (χ2v) is 26.7. The highest BCUT2D eigenvalue weighted by molar-refractivity contribution is 6.07. The molecule has 1 rings (SSSR count). The topological polar surface area (TPSA) is 285 Å². The average Bonchev–Trinajstić information content (AvgIpc) is 1.46. The lowest BCUT2D eigenvalue weighted by Crippen LogP contribution is -2.63. The number of nitrogens with one attached hydrogen (secondary N) is 4. The third kappa shape index (κ3) is 21.9. The second kappa shape index (κ2) is 36.1. The van der Waals surface area contributed by atoms with Crippen LogP contribution in [0.25, 0.3) is 0 Å². The molecular formula is C64H113N11O13. The van der Waals surface area contributed by atoms with Gasteiger partial charge in [0.2, 0.25) is 65.1 Å². The summed E-state index contributed by atoms with van der Waals surface area (Å²) in [6.07, 6.45) is 4.82. The molecule has 1 saturated heterocycles. The minimum absolute atomic E-state index is 0.0227. The standard InChI is InChI=1S/C64H113N11O13/c1-26-28-29-41(15)34-47-55(78)67-44(27-2)58(81)75(24)52(64(87)88-25)63(86)70(19)46(31-36(5)6)56(79)68-50(39(11)12)61(84)69(18)45(30-35(3)4)54(77)65-42(16)53(76)66-43(17)57(80)72(21)48(32-37(7)8)59(82)73(22)49(33-38(9)10)60(83)74(23)51(40(13)14)62(85)71(47)20/h26,28,35-52H,27,29-34H2,1-25H3,(H,65,77)(H,66,76)(H,67,78)(H,68,79)/b28-26+/t41-,42-,43+,44+,45-,46+,47+,48+,49+,50-,51+,52?/m1/s1. The van der Waals surface area contributed by atoms with E-state index in [2.05, 4.69) is 21.3 Å². The molecule has 1 aliphatic rings. The number of amides is 11. The summed E-state index contributed by atoms with van der Waals surface area (Å²) < 4.78 is 5.10. The molecule has 0 saturated carbocycles. The van der Waals surface area contributed by atoms with Gasteiger partial charge in [-0.1, -0.05) is 109 Å². The Morgan fingerprint density at radius 1 is 0.443 bits per heavy atom. The minimum atomic E-state index is -1.98. The van der Waals surface area contributed by atoms with Crippen molar-refractivity contribution >= 4 is 70.9 Å². The molecule has 0 aromatic carbocycles. The van der Waals surface area contributed by atoms with Crippen LogP contribution in [0.4, 0.5) is 0 Å². The molecule has 0 aromatic heterocycles. The first kappa shape index (κ1) is 79.4. The summed E-state index contributed by atoms with van der Waals surface area (Å²) in [5, 5.41) is 11.0. The van der Waals surface area contributed by atoms with Crippen LogP contribution in [0, 0.1) is 41.4 Å². The molecule has 88 heavy (non-hydrogen) atoms. The molecule has 11 amide bonds. The first-order valence-electron chi connectivity index (χ1n) is 31.4. The Bertz CT molecular complexity index is 2450. The van der Waals surface area contributed by atoms with Crippen molar-refractivity contribution in [3.05, 3.63) is 12.2 Å². The molecule has 0 aromatic rings. The Kier molecular flexibility index (Phi) is 32.6. The van der Waals surface area contributed by atoms with Crippen LogP contribution < -0.4 is 21.3 Å². The Balaban J connectivity index is 4.45. The molecule has 1 aliphatic heterocycles. The van der Waals surface area contributed by atoms with Crippen molar-refractivity contribution in [3.8, 4) is 0 Å². The zero-order chi connectivity index (χ0) is 68.3. The van der Waals surface area contributed by atoms with Crippen molar-refractivity contribution in [2.24, 2.45) is 41.4 Å². The van der Waals surface area contributed by atoms with Gasteiger partial charge in [0.1, 0.15) is 60.4 Å². The van der Waals surface area contributed by atoms with Crippen molar-refractivity contribution in [2.75, 3.05) is 56.4 Å². The fraction of sp³-hybridized carbons (Fsp3) is 0.781. The number of hydrogen-bond acceptors (Lipinski definition) is 13. The third-order valence-corrected chi connectivity index (χ3v) is 16.5. The van der Waals surface area contributed by atoms with Gasteiger partial charge >= 0.3 is 5.97 Å². The highest BCUT2D eigenvalue weighted by Crippen LogP contribution is 2.26. The maximum atomic E-state index is 15.2. The lowest BCUT2D eigenvalue weighted by atomic mass is 9.93.